The van der Waals surface area contributed by atoms with Gasteiger partial charge < -0.3 is 14.6 Å². The average Bonchev–Trinajstić information content (AvgIpc) is 2.91. The van der Waals surface area contributed by atoms with Gasteiger partial charge in [-0.25, -0.2) is 0 Å². The minimum absolute atomic E-state index is 0.0527. The lowest BCUT2D eigenvalue weighted by Gasteiger charge is -2.35. The molecule has 1 aliphatic rings. The fourth-order valence-corrected chi connectivity index (χ4v) is 3.12. The summed E-state index contributed by atoms with van der Waals surface area (Å²) in [6, 6.07) is 9.71. The monoisotopic (exact) mass is 438 g/mol. The number of ketones is 1. The maximum Gasteiger partial charge on any atom is 0.161 e. The van der Waals surface area contributed by atoms with E-state index in [4.69, 9.17) is 25.9 Å². The van der Waals surface area contributed by atoms with Crippen LogP contribution in [0.15, 0.2) is 42.5 Å². The summed E-state index contributed by atoms with van der Waals surface area (Å²) in [5, 5.41) is 10.8. The van der Waals surface area contributed by atoms with Crippen molar-refractivity contribution in [2.24, 2.45) is 0 Å². The Labute approximate surface area is 202 Å². The fourth-order valence-electron chi connectivity index (χ4n) is 3.12. The highest BCUT2D eigenvalue weighted by Gasteiger charge is 2.21. The highest BCUT2D eigenvalue weighted by atomic mass is 16.5. The topological polar surface area (TPSA) is 62.2 Å². The second-order valence-corrected chi connectivity index (χ2v) is 6.92. The van der Waals surface area contributed by atoms with E-state index in [1.54, 1.807) is 12.1 Å². The van der Waals surface area contributed by atoms with Crippen LogP contribution in [0.2, 0.25) is 0 Å². The van der Waals surface area contributed by atoms with Crippen LogP contribution in [0, 0.1) is 13.7 Å². The van der Waals surface area contributed by atoms with Crippen LogP contribution in [-0.4, -0.2) is 79.6 Å². The number of aryl methyl sites for hydroxylation is 2. The zero-order chi connectivity index (χ0) is 32.6. The summed E-state index contributed by atoms with van der Waals surface area (Å²) in [5.41, 5.74) is -1.00. The van der Waals surface area contributed by atoms with Crippen LogP contribution in [0.25, 0.3) is 0 Å². The second-order valence-electron chi connectivity index (χ2n) is 6.92. The summed E-state index contributed by atoms with van der Waals surface area (Å²) in [4.78, 5) is 15.5. The summed E-state index contributed by atoms with van der Waals surface area (Å²) in [7, 11) is 1.34. The van der Waals surface area contributed by atoms with Crippen molar-refractivity contribution in [2.75, 3.05) is 52.8 Å². The summed E-state index contributed by atoms with van der Waals surface area (Å²) >= 11 is 0. The average molecular weight is 439 g/mol. The van der Waals surface area contributed by atoms with E-state index >= 15 is 0 Å². The van der Waals surface area contributed by atoms with Crippen LogP contribution in [-0.2, 0) is 11.2 Å². The minimum atomic E-state index is -2.91. The number of carbonyl (C=O) groups excluding carboxylic acids is 1. The number of rotatable bonds is 10. The summed E-state index contributed by atoms with van der Waals surface area (Å²) < 4.78 is 107. The lowest BCUT2D eigenvalue weighted by molar-refractivity contribution is -0.120. The first-order valence-corrected chi connectivity index (χ1v) is 9.80. The van der Waals surface area contributed by atoms with Crippen molar-refractivity contribution < 1.29 is 35.8 Å². The van der Waals surface area contributed by atoms with Gasteiger partial charge in [0, 0.05) is 50.1 Å². The molecule has 6 heteroatoms. The molecular weight excluding hydrogens is 392 g/mol. The molecule has 2 aromatic carbocycles. The highest BCUT2D eigenvalue weighted by Crippen LogP contribution is 2.25. The highest BCUT2D eigenvalue weighted by molar-refractivity contribution is 5.83. The van der Waals surface area contributed by atoms with Gasteiger partial charge in [-0.3, -0.25) is 14.6 Å². The van der Waals surface area contributed by atoms with Crippen LogP contribution in [0.1, 0.15) is 33.1 Å². The third-order valence-electron chi connectivity index (χ3n) is 4.73. The molecule has 1 unspecified atom stereocenters. The van der Waals surface area contributed by atoms with Gasteiger partial charge in [-0.1, -0.05) is 30.3 Å². The number of aliphatic hydroxyl groups is 1. The lowest BCUT2D eigenvalue weighted by Crippen LogP contribution is -2.50. The third kappa shape index (κ3) is 6.79. The number of benzene rings is 2. The van der Waals surface area contributed by atoms with Gasteiger partial charge in [0.1, 0.15) is 12.7 Å². The molecule has 31 heavy (non-hydrogen) atoms. The first-order chi connectivity index (χ1) is 19.6. The number of piperazine rings is 1. The van der Waals surface area contributed by atoms with Gasteiger partial charge in [-0.15, -0.1) is 0 Å². The molecule has 1 atom stereocenters. The Balaban J connectivity index is 1.75. The molecule has 168 valence electrons. The van der Waals surface area contributed by atoms with Crippen molar-refractivity contribution in [3.63, 3.8) is 0 Å². The molecule has 1 N–H and O–H groups in total. The molecule has 1 heterocycles. The minimum Gasteiger partial charge on any atom is -0.493 e. The largest absolute Gasteiger partial charge is 0.493 e. The maximum absolute atomic E-state index is 13.2. The van der Waals surface area contributed by atoms with Crippen molar-refractivity contribution in [3.05, 3.63) is 59.2 Å². The Kier molecular flexibility index (Phi) is 4.36. The van der Waals surface area contributed by atoms with E-state index in [1.807, 2.05) is 0 Å². The standard InChI is InChI=1S/C25H34N2O4/c1-19-7-6-8-20(2)23(19)15-21(28)16-26-11-13-27(14-12-26)17-22(29)18-31-25-10-5-4-9-24(25)30-3/h4-10,22,29H,11-18H2,1-3H3/i1D3,2D3,16D2,17D2,18D2. The quantitative estimate of drug-likeness (QED) is 0.615. The normalized spacial score (nSPS) is 24.1. The molecule has 0 radical (unpaired) electrons. The molecule has 0 saturated carbocycles. The number of hydrogen-bond acceptors (Lipinski definition) is 6. The molecular formula is C25H34N2O4. The van der Waals surface area contributed by atoms with Gasteiger partial charge in [0.2, 0.25) is 0 Å². The van der Waals surface area contributed by atoms with Crippen LogP contribution in [0.3, 0.4) is 0 Å². The number of hydrogen-bond donors (Lipinski definition) is 1. The van der Waals surface area contributed by atoms with Crippen LogP contribution < -0.4 is 9.47 Å². The van der Waals surface area contributed by atoms with E-state index in [1.165, 1.54) is 37.4 Å². The van der Waals surface area contributed by atoms with Crippen LogP contribution >= 0.6 is 0 Å². The van der Waals surface area contributed by atoms with Gasteiger partial charge >= 0.3 is 0 Å². The molecule has 1 saturated heterocycles. The van der Waals surface area contributed by atoms with Gasteiger partial charge in [0.05, 0.1) is 19.1 Å². The van der Waals surface area contributed by atoms with E-state index in [0.717, 1.165) is 9.80 Å². The number of Topliss-reactive ketones (excluding diaryl/α,β-unsaturated/α-hetero) is 1. The number of aliphatic hydroxyl groups excluding tert-OH is 1. The van der Waals surface area contributed by atoms with Crippen molar-refractivity contribution in [1.29, 1.82) is 0 Å². The Bertz CT molecular complexity index is 1260. The predicted molar refractivity (Wildman–Crippen MR) is 122 cm³/mol. The van der Waals surface area contributed by atoms with E-state index in [-0.39, 0.29) is 54.4 Å². The third-order valence-corrected chi connectivity index (χ3v) is 4.73. The maximum atomic E-state index is 13.2. The molecule has 0 spiro atoms. The van der Waals surface area contributed by atoms with Gasteiger partial charge in [-0.05, 0) is 42.5 Å². The van der Waals surface area contributed by atoms with Crippen molar-refractivity contribution >= 4 is 5.78 Å². The van der Waals surface area contributed by atoms with E-state index in [9.17, 15) is 9.90 Å². The number of nitrogens with zero attached hydrogens (tertiary/aromatic N) is 2. The second kappa shape index (κ2) is 11.3. The summed E-state index contributed by atoms with van der Waals surface area (Å²) in [5.74, 6) is -0.956. The zero-order valence-electron chi connectivity index (χ0n) is 29.2. The number of methoxy groups -OCH3 is 1. The Morgan fingerprint density at radius 2 is 1.71 bits per heavy atom. The van der Waals surface area contributed by atoms with Crippen LogP contribution in [0.5, 0.6) is 11.5 Å². The van der Waals surface area contributed by atoms with Crippen molar-refractivity contribution in [1.82, 2.24) is 9.80 Å². The smallest absolute Gasteiger partial charge is 0.161 e. The zero-order valence-corrected chi connectivity index (χ0v) is 17.2. The first kappa shape index (κ1) is 12.0. The lowest BCUT2D eigenvalue weighted by atomic mass is 9.98. The Morgan fingerprint density at radius 1 is 1.06 bits per heavy atom. The molecule has 3 rings (SSSR count). The summed E-state index contributed by atoms with van der Waals surface area (Å²) in [6.07, 6.45) is -3.11. The first-order valence-electron chi connectivity index (χ1n) is 15.8. The van der Waals surface area contributed by atoms with Gasteiger partial charge in [-0.2, -0.15) is 0 Å². The van der Waals surface area contributed by atoms with Crippen molar-refractivity contribution in [3.8, 4) is 11.5 Å². The summed E-state index contributed by atoms with van der Waals surface area (Å²) in [6.45, 7) is -14.6. The van der Waals surface area contributed by atoms with Gasteiger partial charge in [0.25, 0.3) is 0 Å². The number of β-amino-alcohol motifs (C(OH)–C–C–N with tert-alkyl or cyclic N) is 1. The molecule has 0 bridgehead atoms. The number of para-hydroxylation sites is 2. The Hall–Kier alpha value is -2.41. The SMILES string of the molecule is [2H]C([2H])([2H])c1cccc(C([2H])([2H])[2H])c1CC(=O)C([2H])([2H])N1CCN(C([2H])([2H])C(O)C([2H])([2H])Oc2ccccc2OC)CC1. The molecule has 6 nitrogen and oxygen atoms in total. The molecule has 0 aliphatic carbocycles. The van der Waals surface area contributed by atoms with E-state index in [2.05, 4.69) is 0 Å². The molecule has 2 aromatic rings. The van der Waals surface area contributed by atoms with Gasteiger partial charge in [0.15, 0.2) is 17.3 Å². The van der Waals surface area contributed by atoms with Crippen molar-refractivity contribution in [2.45, 2.75) is 26.2 Å². The molecule has 0 amide bonds. The Morgan fingerprint density at radius 3 is 2.35 bits per heavy atom. The predicted octanol–water partition coefficient (Wildman–Crippen LogP) is 2.48. The van der Waals surface area contributed by atoms with E-state index in [0.29, 0.717) is 0 Å². The molecule has 1 fully saturated rings. The van der Waals surface area contributed by atoms with Crippen LogP contribution in [0.4, 0.5) is 0 Å². The fraction of sp³-hybridized carbons (Fsp3) is 0.480. The number of carbonyl (C=O) groups is 1. The molecule has 0 aromatic heterocycles. The number of ether oxygens (including phenoxy) is 2. The van der Waals surface area contributed by atoms with E-state index < -0.39 is 51.6 Å². The molecule has 1 aliphatic heterocycles.